The lowest BCUT2D eigenvalue weighted by Crippen LogP contribution is -2.41. The minimum atomic E-state index is -0.157. The highest BCUT2D eigenvalue weighted by Crippen LogP contribution is 2.09. The van der Waals surface area contributed by atoms with Gasteiger partial charge >= 0.3 is 0 Å². The summed E-state index contributed by atoms with van der Waals surface area (Å²) in [6, 6.07) is 9.75. The van der Waals surface area contributed by atoms with Crippen LogP contribution in [0, 0.1) is 0 Å². The zero-order valence-electron chi connectivity index (χ0n) is 12.0. The number of ether oxygens (including phenoxy) is 1. The van der Waals surface area contributed by atoms with Gasteiger partial charge in [-0.15, -0.1) is 0 Å². The molecule has 0 aliphatic carbocycles. The summed E-state index contributed by atoms with van der Waals surface area (Å²) in [5.41, 5.74) is 3.79. The standard InChI is InChI=1S/C15H19N3O3/c1-21-10-9-18(11-12-5-3-2-4-6-12)15(20)13-7-8-14(19)17-16-13/h2-6H,7-11H2,1H3,(H,17,19). The highest BCUT2D eigenvalue weighted by atomic mass is 16.5. The Kier molecular flexibility index (Phi) is 5.45. The quantitative estimate of drug-likeness (QED) is 0.847. The zero-order chi connectivity index (χ0) is 15.1. The van der Waals surface area contributed by atoms with Crippen LogP contribution in [0.3, 0.4) is 0 Å². The lowest BCUT2D eigenvalue weighted by Gasteiger charge is -2.24. The van der Waals surface area contributed by atoms with Crippen LogP contribution in [0.25, 0.3) is 0 Å². The summed E-state index contributed by atoms with van der Waals surface area (Å²) in [4.78, 5) is 25.3. The Labute approximate surface area is 123 Å². The minimum absolute atomic E-state index is 0.155. The number of amides is 2. The molecular weight excluding hydrogens is 270 g/mol. The Morgan fingerprint density at radius 1 is 1.33 bits per heavy atom. The van der Waals surface area contributed by atoms with Crippen molar-refractivity contribution in [2.45, 2.75) is 19.4 Å². The molecule has 0 saturated heterocycles. The fourth-order valence-corrected chi connectivity index (χ4v) is 2.07. The van der Waals surface area contributed by atoms with E-state index in [4.69, 9.17) is 4.74 Å². The summed E-state index contributed by atoms with van der Waals surface area (Å²) in [6.45, 7) is 1.44. The third-order valence-electron chi connectivity index (χ3n) is 3.22. The van der Waals surface area contributed by atoms with Crippen LogP contribution in [0.5, 0.6) is 0 Å². The smallest absolute Gasteiger partial charge is 0.270 e. The maximum Gasteiger partial charge on any atom is 0.270 e. The van der Waals surface area contributed by atoms with Gasteiger partial charge in [0.25, 0.3) is 5.91 Å². The van der Waals surface area contributed by atoms with Crippen molar-refractivity contribution < 1.29 is 14.3 Å². The van der Waals surface area contributed by atoms with Crippen LogP contribution in [0.1, 0.15) is 18.4 Å². The lowest BCUT2D eigenvalue weighted by atomic mass is 10.1. The van der Waals surface area contributed by atoms with Gasteiger partial charge in [-0.05, 0) is 5.56 Å². The van der Waals surface area contributed by atoms with Gasteiger partial charge in [0.1, 0.15) is 5.71 Å². The second-order valence-electron chi connectivity index (χ2n) is 4.80. The zero-order valence-corrected chi connectivity index (χ0v) is 12.0. The number of rotatable bonds is 6. The number of hydrogen-bond acceptors (Lipinski definition) is 4. The van der Waals surface area contributed by atoms with Gasteiger partial charge < -0.3 is 9.64 Å². The largest absolute Gasteiger partial charge is 0.383 e. The highest BCUT2D eigenvalue weighted by Gasteiger charge is 2.23. The van der Waals surface area contributed by atoms with Gasteiger partial charge in [0.15, 0.2) is 0 Å². The molecule has 2 rings (SSSR count). The number of nitrogens with one attached hydrogen (secondary N) is 1. The third kappa shape index (κ3) is 4.39. The van der Waals surface area contributed by atoms with E-state index in [0.717, 1.165) is 5.56 Å². The molecule has 21 heavy (non-hydrogen) atoms. The number of hydrogen-bond donors (Lipinski definition) is 1. The molecule has 0 atom stereocenters. The van der Waals surface area contributed by atoms with E-state index < -0.39 is 0 Å². The predicted octanol–water partition coefficient (Wildman–Crippen LogP) is 0.928. The van der Waals surface area contributed by atoms with Crippen molar-refractivity contribution >= 4 is 17.5 Å². The summed E-state index contributed by atoms with van der Waals surface area (Å²) in [6.07, 6.45) is 0.678. The average molecular weight is 289 g/mol. The summed E-state index contributed by atoms with van der Waals surface area (Å²) < 4.78 is 5.06. The number of nitrogens with zero attached hydrogens (tertiary/aromatic N) is 2. The topological polar surface area (TPSA) is 71.0 Å². The van der Waals surface area contributed by atoms with E-state index in [9.17, 15) is 9.59 Å². The van der Waals surface area contributed by atoms with Crippen molar-refractivity contribution in [2.75, 3.05) is 20.3 Å². The van der Waals surface area contributed by atoms with Crippen molar-refractivity contribution in [3.8, 4) is 0 Å². The SMILES string of the molecule is COCCN(Cc1ccccc1)C(=O)C1=NNC(=O)CC1. The molecule has 1 aromatic rings. The monoisotopic (exact) mass is 289 g/mol. The van der Waals surface area contributed by atoms with E-state index in [-0.39, 0.29) is 11.8 Å². The molecule has 1 aromatic carbocycles. The van der Waals surface area contributed by atoms with E-state index in [2.05, 4.69) is 10.5 Å². The molecule has 0 aromatic heterocycles. The summed E-state index contributed by atoms with van der Waals surface area (Å²) >= 11 is 0. The lowest BCUT2D eigenvalue weighted by molar-refractivity contribution is -0.125. The van der Waals surface area contributed by atoms with Gasteiger partial charge in [-0.2, -0.15) is 5.10 Å². The fourth-order valence-electron chi connectivity index (χ4n) is 2.07. The maximum atomic E-state index is 12.5. The first-order valence-corrected chi connectivity index (χ1v) is 6.88. The Bertz CT molecular complexity index is 528. The Morgan fingerprint density at radius 3 is 2.71 bits per heavy atom. The highest BCUT2D eigenvalue weighted by molar-refractivity contribution is 6.39. The Balaban J connectivity index is 2.07. The molecule has 0 fully saturated rings. The summed E-state index contributed by atoms with van der Waals surface area (Å²) in [5, 5.41) is 3.87. The summed E-state index contributed by atoms with van der Waals surface area (Å²) in [5.74, 6) is -0.311. The second-order valence-corrected chi connectivity index (χ2v) is 4.80. The molecule has 0 unspecified atom stereocenters. The van der Waals surface area contributed by atoms with E-state index in [0.29, 0.717) is 38.2 Å². The van der Waals surface area contributed by atoms with Gasteiger partial charge in [0, 0.05) is 33.0 Å². The number of carbonyl (C=O) groups is 2. The maximum absolute atomic E-state index is 12.5. The van der Waals surface area contributed by atoms with Gasteiger partial charge in [-0.3, -0.25) is 9.59 Å². The number of carbonyl (C=O) groups excluding carboxylic acids is 2. The molecule has 0 saturated carbocycles. The molecule has 0 bridgehead atoms. The van der Waals surface area contributed by atoms with Crippen LogP contribution in [-0.4, -0.2) is 42.7 Å². The van der Waals surface area contributed by atoms with Crippen LogP contribution in [0.15, 0.2) is 35.4 Å². The molecule has 112 valence electrons. The molecule has 1 N–H and O–H groups in total. The fraction of sp³-hybridized carbons (Fsp3) is 0.400. The minimum Gasteiger partial charge on any atom is -0.383 e. The average Bonchev–Trinajstić information content (AvgIpc) is 2.52. The van der Waals surface area contributed by atoms with E-state index >= 15 is 0 Å². The van der Waals surface area contributed by atoms with E-state index in [1.807, 2.05) is 30.3 Å². The molecule has 0 spiro atoms. The molecule has 1 aliphatic heterocycles. The number of benzene rings is 1. The molecule has 2 amide bonds. The number of hydrazone groups is 1. The molecule has 1 aliphatic rings. The predicted molar refractivity (Wildman–Crippen MR) is 78.5 cm³/mol. The Morgan fingerprint density at radius 2 is 2.10 bits per heavy atom. The number of methoxy groups -OCH3 is 1. The van der Waals surface area contributed by atoms with Crippen molar-refractivity contribution in [1.29, 1.82) is 0 Å². The van der Waals surface area contributed by atoms with Gasteiger partial charge in [0.05, 0.1) is 6.61 Å². The van der Waals surface area contributed by atoms with Crippen LogP contribution < -0.4 is 5.43 Å². The molecule has 0 radical (unpaired) electrons. The molecule has 1 heterocycles. The van der Waals surface area contributed by atoms with Crippen molar-refractivity contribution in [2.24, 2.45) is 5.10 Å². The van der Waals surface area contributed by atoms with Gasteiger partial charge in [0.2, 0.25) is 5.91 Å². The molecule has 6 nitrogen and oxygen atoms in total. The van der Waals surface area contributed by atoms with Crippen molar-refractivity contribution in [3.05, 3.63) is 35.9 Å². The van der Waals surface area contributed by atoms with Gasteiger partial charge in [-0.1, -0.05) is 30.3 Å². The van der Waals surface area contributed by atoms with Crippen LogP contribution in [0.4, 0.5) is 0 Å². The first-order chi connectivity index (χ1) is 10.2. The molecule has 6 heteroatoms. The van der Waals surface area contributed by atoms with Crippen molar-refractivity contribution in [1.82, 2.24) is 10.3 Å². The second kappa shape index (κ2) is 7.54. The third-order valence-corrected chi connectivity index (χ3v) is 3.22. The van der Waals surface area contributed by atoms with Gasteiger partial charge in [-0.25, -0.2) is 5.43 Å². The van der Waals surface area contributed by atoms with E-state index in [1.54, 1.807) is 12.0 Å². The van der Waals surface area contributed by atoms with Crippen LogP contribution in [-0.2, 0) is 20.9 Å². The normalized spacial score (nSPS) is 14.3. The molecular formula is C15H19N3O3. The summed E-state index contributed by atoms with van der Waals surface area (Å²) in [7, 11) is 1.60. The van der Waals surface area contributed by atoms with E-state index in [1.165, 1.54) is 0 Å². The first kappa shape index (κ1) is 15.2. The van der Waals surface area contributed by atoms with Crippen LogP contribution in [0.2, 0.25) is 0 Å². The Hall–Kier alpha value is -2.21. The van der Waals surface area contributed by atoms with Crippen molar-refractivity contribution in [3.63, 3.8) is 0 Å². The first-order valence-electron chi connectivity index (χ1n) is 6.88. The van der Waals surface area contributed by atoms with Crippen LogP contribution >= 0.6 is 0 Å².